The minimum absolute atomic E-state index is 0.0182. The normalized spacial score (nSPS) is 15.3. The quantitative estimate of drug-likeness (QED) is 0.122. The van der Waals surface area contributed by atoms with Crippen LogP contribution in [0.25, 0.3) is 5.57 Å². The van der Waals surface area contributed by atoms with Gasteiger partial charge in [0, 0.05) is 22.0 Å². The van der Waals surface area contributed by atoms with E-state index in [-0.39, 0.29) is 33.1 Å². The highest BCUT2D eigenvalue weighted by Crippen LogP contribution is 2.59. The molecule has 49 heavy (non-hydrogen) atoms. The predicted molar refractivity (Wildman–Crippen MR) is 192 cm³/mol. The van der Waals surface area contributed by atoms with Crippen LogP contribution in [0.4, 0.5) is 4.39 Å². The smallest absolute Gasteiger partial charge is 0.339 e. The number of methoxy groups -OCH3 is 1. The van der Waals surface area contributed by atoms with Crippen molar-refractivity contribution < 1.29 is 28.3 Å². The first-order valence-electron chi connectivity index (χ1n) is 15.9. The monoisotopic (exact) mass is 666 g/mol. The Balaban J connectivity index is 1.81. The van der Waals surface area contributed by atoms with Crippen LogP contribution in [-0.4, -0.2) is 35.7 Å². The molecule has 0 saturated carbocycles. The van der Waals surface area contributed by atoms with E-state index < -0.39 is 41.4 Å². The summed E-state index contributed by atoms with van der Waals surface area (Å²) in [5.74, 6) is -3.84. The van der Waals surface area contributed by atoms with E-state index in [1.165, 1.54) is 37.4 Å². The van der Waals surface area contributed by atoms with E-state index in [1.807, 2.05) is 93.6 Å². The van der Waals surface area contributed by atoms with Crippen LogP contribution in [0, 0.1) is 32.0 Å². The fraction of sp³-hybridized carbons (Fsp3) is 0.119. The number of rotatable bonds is 5. The number of hydrogen-bond donors (Lipinski definition) is 0. The molecule has 5 aromatic rings. The Morgan fingerprint density at radius 1 is 0.612 bits per heavy atom. The molecule has 2 aliphatic rings. The standard InChI is InChI=1S/C42H32FO5P/c1-25-12-18-30(19-13-25)49(31-20-14-26(2)15-21-31,32-22-16-27(3)17-23-32)37-35(41(47)48-4)36(28-8-7-9-29(43)24-28)42(40(37)46)38(44)33-10-5-6-11-34(33)39(42)45/h5-24H,1-4H3. The summed E-state index contributed by atoms with van der Waals surface area (Å²) in [6, 6.07) is 34.9. The summed E-state index contributed by atoms with van der Waals surface area (Å²) in [7, 11) is 1.20. The summed E-state index contributed by atoms with van der Waals surface area (Å²) in [5, 5.41) is 2.23. The molecule has 5 aromatic carbocycles. The number of allylic oxidation sites excluding steroid dienone is 1. The van der Waals surface area contributed by atoms with Gasteiger partial charge < -0.3 is 4.74 Å². The second kappa shape index (κ2) is 11.9. The maximum Gasteiger partial charge on any atom is 0.339 e. The number of carbonyl (C=O) groups is 4. The first-order valence-corrected chi connectivity index (χ1v) is 17.7. The van der Waals surface area contributed by atoms with E-state index in [1.54, 1.807) is 12.1 Å². The highest BCUT2D eigenvalue weighted by molar-refractivity contribution is 7.97. The number of ether oxygens (including phenoxy) is 1. The van der Waals surface area contributed by atoms with Crippen LogP contribution >= 0.6 is 6.89 Å². The molecule has 242 valence electrons. The number of ketones is 3. The number of esters is 1. The van der Waals surface area contributed by atoms with Crippen molar-refractivity contribution in [2.45, 2.75) is 20.8 Å². The van der Waals surface area contributed by atoms with Crippen LogP contribution in [0.3, 0.4) is 0 Å². The molecule has 0 atom stereocenters. The second-order valence-corrected chi connectivity index (χ2v) is 15.9. The lowest BCUT2D eigenvalue weighted by atomic mass is 9.73. The van der Waals surface area contributed by atoms with E-state index in [9.17, 15) is 14.4 Å². The lowest BCUT2D eigenvalue weighted by Crippen LogP contribution is -2.44. The average Bonchev–Trinajstić information content (AvgIpc) is 3.51. The summed E-state index contributed by atoms with van der Waals surface area (Å²) in [6.07, 6.45) is 0. The van der Waals surface area contributed by atoms with Crippen molar-refractivity contribution in [2.24, 2.45) is 5.41 Å². The largest absolute Gasteiger partial charge is 0.465 e. The molecular formula is C42H32FO5P. The van der Waals surface area contributed by atoms with Crippen molar-refractivity contribution in [3.63, 3.8) is 0 Å². The first-order chi connectivity index (χ1) is 23.6. The second-order valence-electron chi connectivity index (χ2n) is 12.6. The van der Waals surface area contributed by atoms with Crippen LogP contribution in [0.2, 0.25) is 0 Å². The topological polar surface area (TPSA) is 77.5 Å². The van der Waals surface area contributed by atoms with E-state index in [2.05, 4.69) is 0 Å². The summed E-state index contributed by atoms with van der Waals surface area (Å²) in [5.41, 5.74) is 0.354. The van der Waals surface area contributed by atoms with Crippen molar-refractivity contribution in [3.05, 3.63) is 166 Å². The summed E-state index contributed by atoms with van der Waals surface area (Å²) in [6.45, 7) is 2.45. The average molecular weight is 667 g/mol. The molecule has 0 radical (unpaired) electrons. The lowest BCUT2D eigenvalue weighted by Gasteiger charge is -2.32. The molecule has 0 N–H and O–H groups in total. The van der Waals surface area contributed by atoms with Gasteiger partial charge in [-0.2, -0.15) is 0 Å². The zero-order valence-electron chi connectivity index (χ0n) is 27.4. The zero-order valence-corrected chi connectivity index (χ0v) is 28.3. The molecule has 0 aliphatic heterocycles. The number of fused-ring (bicyclic) bond motifs is 1. The molecule has 7 heteroatoms. The molecule has 0 unspecified atom stereocenters. The highest BCUT2D eigenvalue weighted by Gasteiger charge is 2.68. The van der Waals surface area contributed by atoms with E-state index in [0.29, 0.717) is 0 Å². The Kier molecular flexibility index (Phi) is 7.80. The number of hydrogen-bond acceptors (Lipinski definition) is 5. The number of halogens is 1. The van der Waals surface area contributed by atoms with Gasteiger partial charge in [0.2, 0.25) is 0 Å². The molecule has 0 saturated heterocycles. The third-order valence-electron chi connectivity index (χ3n) is 9.62. The third kappa shape index (κ3) is 4.58. The van der Waals surface area contributed by atoms with Gasteiger partial charge in [-0.25, -0.2) is 9.18 Å². The van der Waals surface area contributed by atoms with E-state index in [4.69, 9.17) is 4.74 Å². The molecular weight excluding hydrogens is 634 g/mol. The van der Waals surface area contributed by atoms with Crippen LogP contribution in [0.1, 0.15) is 43.0 Å². The molecule has 0 fully saturated rings. The Morgan fingerprint density at radius 2 is 1.06 bits per heavy atom. The summed E-state index contributed by atoms with van der Waals surface area (Å²) < 4.78 is 20.5. The maximum absolute atomic E-state index is 15.9. The van der Waals surface area contributed by atoms with Gasteiger partial charge in [-0.05, 0) is 61.3 Å². The molecule has 0 aromatic heterocycles. The number of carbonyl (C=O) groups excluding carboxylic acids is 4. The first kappa shape index (κ1) is 32.1. The van der Waals surface area contributed by atoms with Crippen LogP contribution < -0.4 is 15.9 Å². The molecule has 0 amide bonds. The molecule has 0 bridgehead atoms. The predicted octanol–water partition coefficient (Wildman–Crippen LogP) is 6.49. The maximum atomic E-state index is 15.9. The summed E-state index contributed by atoms with van der Waals surface area (Å²) >= 11 is 0. The fourth-order valence-electron chi connectivity index (χ4n) is 7.30. The third-order valence-corrected chi connectivity index (χ3v) is 13.9. The van der Waals surface area contributed by atoms with Crippen LogP contribution in [0.15, 0.2) is 127 Å². The minimum atomic E-state index is -3.43. The van der Waals surface area contributed by atoms with Crippen molar-refractivity contribution in [3.8, 4) is 0 Å². The van der Waals surface area contributed by atoms with Gasteiger partial charge in [0.15, 0.2) is 22.8 Å². The number of aryl methyl sites for hydroxylation is 3. The van der Waals surface area contributed by atoms with Gasteiger partial charge >= 0.3 is 5.97 Å². The van der Waals surface area contributed by atoms with Crippen molar-refractivity contribution in [1.29, 1.82) is 0 Å². The highest BCUT2D eigenvalue weighted by atomic mass is 31.2. The fourth-order valence-corrected chi connectivity index (χ4v) is 11.8. The molecule has 2 aliphatic carbocycles. The van der Waals surface area contributed by atoms with Crippen molar-refractivity contribution >= 4 is 57.0 Å². The van der Waals surface area contributed by atoms with Gasteiger partial charge in [0.05, 0.1) is 12.7 Å². The van der Waals surface area contributed by atoms with Gasteiger partial charge in [-0.15, -0.1) is 0 Å². The van der Waals surface area contributed by atoms with Gasteiger partial charge in [-0.3, -0.25) is 14.4 Å². The minimum Gasteiger partial charge on any atom is -0.465 e. The number of benzene rings is 5. The Morgan fingerprint density at radius 3 is 1.47 bits per heavy atom. The van der Waals surface area contributed by atoms with Crippen molar-refractivity contribution in [2.75, 3.05) is 7.11 Å². The van der Waals surface area contributed by atoms with E-state index in [0.717, 1.165) is 38.7 Å². The molecule has 0 heterocycles. The number of Topliss-reactive ketones (excluding diaryl/α,β-unsaturated/α-hetero) is 3. The van der Waals surface area contributed by atoms with Gasteiger partial charge in [0.25, 0.3) is 0 Å². The SMILES string of the molecule is COC(=O)C1=C(c2cccc(F)c2)C2(C(=O)C1=P(c1ccc(C)cc1)(c1ccc(C)cc1)c1ccc(C)cc1)C(=O)c1ccccc1C2=O. The Hall–Kier alpha value is -5.45. The molecule has 7 rings (SSSR count). The molecule has 1 spiro atoms. The lowest BCUT2D eigenvalue weighted by molar-refractivity contribution is -0.135. The Bertz CT molecular complexity index is 2160. The van der Waals surface area contributed by atoms with Crippen molar-refractivity contribution in [1.82, 2.24) is 0 Å². The van der Waals surface area contributed by atoms with Gasteiger partial charge in [0.1, 0.15) is 5.82 Å². The zero-order chi connectivity index (χ0) is 34.7. The Labute approximate surface area is 284 Å². The summed E-state index contributed by atoms with van der Waals surface area (Å²) in [4.78, 5) is 60.0. The molecule has 5 nitrogen and oxygen atoms in total. The van der Waals surface area contributed by atoms with Gasteiger partial charge in [-0.1, -0.05) is 126 Å². The van der Waals surface area contributed by atoms with E-state index >= 15 is 9.18 Å². The van der Waals surface area contributed by atoms with Crippen LogP contribution in [-0.2, 0) is 14.3 Å². The van der Waals surface area contributed by atoms with Crippen LogP contribution in [0.5, 0.6) is 0 Å².